The minimum Gasteiger partial charge on any atom is -0.486 e. The molecular weight excluding hydrogens is 288 g/mol. The molecule has 0 saturated carbocycles. The van der Waals surface area contributed by atoms with Crippen LogP contribution in [0.1, 0.15) is 18.4 Å². The molecule has 122 valence electrons. The van der Waals surface area contributed by atoms with E-state index in [0.29, 0.717) is 19.3 Å². The van der Waals surface area contributed by atoms with E-state index >= 15 is 0 Å². The molecule has 0 amide bonds. The van der Waals surface area contributed by atoms with Crippen molar-refractivity contribution in [3.05, 3.63) is 35.9 Å². The molecule has 0 radical (unpaired) electrons. The van der Waals surface area contributed by atoms with Crippen molar-refractivity contribution in [2.45, 2.75) is 25.3 Å². The van der Waals surface area contributed by atoms with Gasteiger partial charge in [-0.05, 0) is 49.4 Å². The number of benzene rings is 2. The zero-order chi connectivity index (χ0) is 15.6. The predicted molar refractivity (Wildman–Crippen MR) is 92.3 cm³/mol. The van der Waals surface area contributed by atoms with Crippen LogP contribution in [-0.4, -0.2) is 43.8 Å². The lowest BCUT2D eigenvalue weighted by atomic mass is 9.99. The standard InChI is InChI=1S/C19H24N2O2/c20-16-7-10-21(11-8-16)9-6-15-3-1-2-14-4-5-17-19(18(14)15)23-13-12-22-17/h1-5,16H,6-13,20H2. The molecule has 4 rings (SSSR count). The van der Waals surface area contributed by atoms with Gasteiger partial charge >= 0.3 is 0 Å². The summed E-state index contributed by atoms with van der Waals surface area (Å²) >= 11 is 0. The lowest BCUT2D eigenvalue weighted by Crippen LogP contribution is -2.40. The topological polar surface area (TPSA) is 47.7 Å². The van der Waals surface area contributed by atoms with Crippen molar-refractivity contribution < 1.29 is 9.47 Å². The third kappa shape index (κ3) is 3.01. The Labute approximate surface area is 137 Å². The molecule has 23 heavy (non-hydrogen) atoms. The van der Waals surface area contributed by atoms with Gasteiger partial charge in [-0.2, -0.15) is 0 Å². The molecule has 2 aromatic carbocycles. The Morgan fingerprint density at radius 2 is 1.87 bits per heavy atom. The highest BCUT2D eigenvalue weighted by molar-refractivity contribution is 5.93. The van der Waals surface area contributed by atoms with Crippen molar-refractivity contribution in [2.75, 3.05) is 32.8 Å². The molecule has 0 bridgehead atoms. The lowest BCUT2D eigenvalue weighted by molar-refractivity contribution is 0.174. The van der Waals surface area contributed by atoms with Crippen molar-refractivity contribution in [2.24, 2.45) is 5.73 Å². The minimum absolute atomic E-state index is 0.390. The van der Waals surface area contributed by atoms with Crippen LogP contribution in [-0.2, 0) is 6.42 Å². The Balaban J connectivity index is 1.59. The van der Waals surface area contributed by atoms with Crippen LogP contribution >= 0.6 is 0 Å². The number of piperidine rings is 1. The maximum atomic E-state index is 6.00. The Morgan fingerprint density at radius 1 is 1.04 bits per heavy atom. The second-order valence-electron chi connectivity index (χ2n) is 6.53. The van der Waals surface area contributed by atoms with E-state index in [2.05, 4.69) is 29.2 Å². The zero-order valence-electron chi connectivity index (χ0n) is 13.5. The van der Waals surface area contributed by atoms with Crippen LogP contribution in [0.15, 0.2) is 30.3 Å². The number of fused-ring (bicyclic) bond motifs is 3. The first kappa shape index (κ1) is 14.8. The van der Waals surface area contributed by atoms with E-state index in [-0.39, 0.29) is 0 Å². The zero-order valence-corrected chi connectivity index (χ0v) is 13.5. The molecule has 0 aromatic heterocycles. The molecule has 2 N–H and O–H groups in total. The molecule has 4 nitrogen and oxygen atoms in total. The van der Waals surface area contributed by atoms with E-state index in [9.17, 15) is 0 Å². The number of hydrogen-bond donors (Lipinski definition) is 1. The van der Waals surface area contributed by atoms with E-state index in [1.807, 2.05) is 6.07 Å². The molecular formula is C19H24N2O2. The van der Waals surface area contributed by atoms with E-state index in [1.54, 1.807) is 0 Å². The first-order valence-corrected chi connectivity index (χ1v) is 8.59. The third-order valence-corrected chi connectivity index (χ3v) is 4.97. The van der Waals surface area contributed by atoms with Gasteiger partial charge in [-0.1, -0.05) is 24.3 Å². The average Bonchev–Trinajstić information content (AvgIpc) is 2.61. The molecule has 1 fully saturated rings. The van der Waals surface area contributed by atoms with Crippen LogP contribution in [0.3, 0.4) is 0 Å². The molecule has 1 saturated heterocycles. The lowest BCUT2D eigenvalue weighted by Gasteiger charge is -2.30. The Bertz CT molecular complexity index is 693. The quantitative estimate of drug-likeness (QED) is 0.946. The Morgan fingerprint density at radius 3 is 2.74 bits per heavy atom. The van der Waals surface area contributed by atoms with Crippen molar-refractivity contribution in [3.8, 4) is 11.5 Å². The van der Waals surface area contributed by atoms with Gasteiger partial charge < -0.3 is 20.1 Å². The largest absolute Gasteiger partial charge is 0.486 e. The highest BCUT2D eigenvalue weighted by Crippen LogP contribution is 2.39. The summed E-state index contributed by atoms with van der Waals surface area (Å²) in [4.78, 5) is 2.52. The van der Waals surface area contributed by atoms with Gasteiger partial charge in [-0.3, -0.25) is 0 Å². The normalized spacial score (nSPS) is 19.2. The average molecular weight is 312 g/mol. The van der Waals surface area contributed by atoms with Gasteiger partial charge in [0.1, 0.15) is 13.2 Å². The maximum absolute atomic E-state index is 6.00. The number of nitrogens with two attached hydrogens (primary N) is 1. The fraction of sp³-hybridized carbons (Fsp3) is 0.474. The smallest absolute Gasteiger partial charge is 0.169 e. The summed E-state index contributed by atoms with van der Waals surface area (Å²) in [5, 5.41) is 2.45. The Hall–Kier alpha value is -1.78. The van der Waals surface area contributed by atoms with Gasteiger partial charge in [0.05, 0.1) is 0 Å². The molecule has 2 aliphatic rings. The van der Waals surface area contributed by atoms with E-state index in [1.165, 1.54) is 16.3 Å². The van der Waals surface area contributed by atoms with Gasteiger partial charge in [0.25, 0.3) is 0 Å². The Kier molecular flexibility index (Phi) is 4.10. The van der Waals surface area contributed by atoms with E-state index in [0.717, 1.165) is 50.4 Å². The van der Waals surface area contributed by atoms with Gasteiger partial charge in [0.2, 0.25) is 0 Å². The summed E-state index contributed by atoms with van der Waals surface area (Å²) in [7, 11) is 0. The summed E-state index contributed by atoms with van der Waals surface area (Å²) in [6.45, 7) is 4.57. The monoisotopic (exact) mass is 312 g/mol. The van der Waals surface area contributed by atoms with Gasteiger partial charge in [-0.15, -0.1) is 0 Å². The SMILES string of the molecule is NC1CCN(CCc2cccc3ccc4c(c23)OCCO4)CC1. The summed E-state index contributed by atoms with van der Waals surface area (Å²) in [6.07, 6.45) is 3.26. The molecule has 0 spiro atoms. The first-order chi connectivity index (χ1) is 11.3. The van der Waals surface area contributed by atoms with Crippen LogP contribution in [0.2, 0.25) is 0 Å². The van der Waals surface area contributed by atoms with Crippen LogP contribution in [0.25, 0.3) is 10.8 Å². The van der Waals surface area contributed by atoms with E-state index < -0.39 is 0 Å². The first-order valence-electron chi connectivity index (χ1n) is 8.59. The van der Waals surface area contributed by atoms with Crippen LogP contribution in [0.4, 0.5) is 0 Å². The highest BCUT2D eigenvalue weighted by Gasteiger charge is 2.19. The number of ether oxygens (including phenoxy) is 2. The summed E-state index contributed by atoms with van der Waals surface area (Å²) < 4.78 is 11.7. The minimum atomic E-state index is 0.390. The highest BCUT2D eigenvalue weighted by atomic mass is 16.6. The second-order valence-corrected chi connectivity index (χ2v) is 6.53. The molecule has 2 aliphatic heterocycles. The van der Waals surface area contributed by atoms with Gasteiger partial charge in [0.15, 0.2) is 11.5 Å². The van der Waals surface area contributed by atoms with Crippen LogP contribution in [0.5, 0.6) is 11.5 Å². The number of likely N-dealkylation sites (tertiary alicyclic amines) is 1. The van der Waals surface area contributed by atoms with Crippen molar-refractivity contribution >= 4 is 10.8 Å². The van der Waals surface area contributed by atoms with Crippen LogP contribution in [0, 0.1) is 0 Å². The van der Waals surface area contributed by atoms with Crippen molar-refractivity contribution in [3.63, 3.8) is 0 Å². The second kappa shape index (κ2) is 6.38. The maximum Gasteiger partial charge on any atom is 0.169 e. The summed E-state index contributed by atoms with van der Waals surface area (Å²) in [5.41, 5.74) is 7.34. The van der Waals surface area contributed by atoms with Crippen molar-refractivity contribution in [1.29, 1.82) is 0 Å². The third-order valence-electron chi connectivity index (χ3n) is 4.97. The fourth-order valence-corrected chi connectivity index (χ4v) is 3.62. The molecule has 4 heteroatoms. The number of rotatable bonds is 3. The predicted octanol–water partition coefficient (Wildman–Crippen LogP) is 2.58. The number of nitrogens with zero attached hydrogens (tertiary/aromatic N) is 1. The fourth-order valence-electron chi connectivity index (χ4n) is 3.62. The number of hydrogen-bond acceptors (Lipinski definition) is 4. The van der Waals surface area contributed by atoms with Crippen LogP contribution < -0.4 is 15.2 Å². The molecule has 0 aliphatic carbocycles. The molecule has 0 unspecified atom stereocenters. The van der Waals surface area contributed by atoms with Gasteiger partial charge in [-0.25, -0.2) is 0 Å². The molecule has 0 atom stereocenters. The summed E-state index contributed by atoms with van der Waals surface area (Å²) in [6, 6.07) is 11.0. The molecule has 2 aromatic rings. The van der Waals surface area contributed by atoms with Gasteiger partial charge in [0, 0.05) is 18.0 Å². The molecule has 2 heterocycles. The summed E-state index contributed by atoms with van der Waals surface area (Å²) in [5.74, 6) is 1.80. The van der Waals surface area contributed by atoms with Crippen molar-refractivity contribution in [1.82, 2.24) is 4.90 Å². The van der Waals surface area contributed by atoms with E-state index in [4.69, 9.17) is 15.2 Å².